The second kappa shape index (κ2) is 7.47. The summed E-state index contributed by atoms with van der Waals surface area (Å²) in [5.41, 5.74) is 1.69. The predicted octanol–water partition coefficient (Wildman–Crippen LogP) is 3.20. The first-order chi connectivity index (χ1) is 12.5. The van der Waals surface area contributed by atoms with Gasteiger partial charge in [-0.25, -0.2) is 4.79 Å². The number of hydrogen-bond acceptors (Lipinski definition) is 5. The van der Waals surface area contributed by atoms with Crippen LogP contribution >= 0.6 is 0 Å². The zero-order valence-corrected chi connectivity index (χ0v) is 13.6. The molecular formula is C18H15N3O5. The lowest BCUT2D eigenvalue weighted by Crippen LogP contribution is -2.25. The Bertz CT molecular complexity index is 877. The number of benzene rings is 2. The number of amides is 2. The number of cyclic esters (lactones) is 1. The summed E-state index contributed by atoms with van der Waals surface area (Å²) in [5, 5.41) is 13.4. The van der Waals surface area contributed by atoms with E-state index in [1.807, 2.05) is 0 Å². The second-order valence-electron chi connectivity index (χ2n) is 5.45. The van der Waals surface area contributed by atoms with Gasteiger partial charge in [-0.15, -0.1) is 0 Å². The molecule has 0 atom stereocenters. The van der Waals surface area contributed by atoms with Gasteiger partial charge in [-0.05, 0) is 35.9 Å². The first-order valence-electron chi connectivity index (χ1n) is 7.81. The molecule has 2 amide bonds. The molecule has 0 spiro atoms. The smallest absolute Gasteiger partial charge is 0.414 e. The average molecular weight is 353 g/mol. The first-order valence-corrected chi connectivity index (χ1v) is 7.81. The summed E-state index contributed by atoms with van der Waals surface area (Å²) < 4.78 is 4.92. The van der Waals surface area contributed by atoms with Crippen LogP contribution in [-0.4, -0.2) is 30.1 Å². The zero-order chi connectivity index (χ0) is 18.5. The van der Waals surface area contributed by atoms with E-state index in [0.717, 1.165) is 0 Å². The molecule has 2 aromatic rings. The Morgan fingerprint density at radius 2 is 1.92 bits per heavy atom. The van der Waals surface area contributed by atoms with Gasteiger partial charge in [0.1, 0.15) is 6.61 Å². The van der Waals surface area contributed by atoms with Gasteiger partial charge in [0.2, 0.25) is 5.91 Å². The van der Waals surface area contributed by atoms with Gasteiger partial charge in [-0.3, -0.25) is 19.8 Å². The zero-order valence-electron chi connectivity index (χ0n) is 13.6. The fourth-order valence-corrected chi connectivity index (χ4v) is 2.48. The van der Waals surface area contributed by atoms with E-state index in [0.29, 0.717) is 30.1 Å². The van der Waals surface area contributed by atoms with Gasteiger partial charge in [0, 0.05) is 18.2 Å². The van der Waals surface area contributed by atoms with Crippen LogP contribution in [0.1, 0.15) is 5.56 Å². The molecule has 0 saturated carbocycles. The molecule has 1 aliphatic heterocycles. The maximum atomic E-state index is 12.2. The van der Waals surface area contributed by atoms with E-state index in [2.05, 4.69) is 5.32 Å². The standard InChI is InChI=1S/C18H15N3O5/c22-17(10-7-13-5-8-14(9-6-13)21(24)25)19-15-3-1-2-4-16(15)20-11-12-26-18(20)23/h1-10H,11-12H2,(H,19,22)/b10-7+. The van der Waals surface area contributed by atoms with Crippen molar-refractivity contribution in [3.05, 3.63) is 70.3 Å². The van der Waals surface area contributed by atoms with E-state index in [1.54, 1.807) is 42.5 Å². The third-order valence-electron chi connectivity index (χ3n) is 3.74. The topological polar surface area (TPSA) is 102 Å². The van der Waals surface area contributed by atoms with Crippen LogP contribution in [-0.2, 0) is 9.53 Å². The highest BCUT2D eigenvalue weighted by molar-refractivity contribution is 6.05. The van der Waals surface area contributed by atoms with Crippen molar-refractivity contribution in [1.29, 1.82) is 0 Å². The van der Waals surface area contributed by atoms with Gasteiger partial charge < -0.3 is 10.1 Å². The minimum absolute atomic E-state index is 0.0157. The summed E-state index contributed by atoms with van der Waals surface area (Å²) >= 11 is 0. The number of nitrogens with zero attached hydrogens (tertiary/aromatic N) is 2. The van der Waals surface area contributed by atoms with Crippen molar-refractivity contribution in [3.63, 3.8) is 0 Å². The van der Waals surface area contributed by atoms with E-state index >= 15 is 0 Å². The molecule has 1 saturated heterocycles. The average Bonchev–Trinajstić information content (AvgIpc) is 3.06. The first kappa shape index (κ1) is 17.2. The number of anilines is 2. The highest BCUT2D eigenvalue weighted by atomic mass is 16.6. The highest BCUT2D eigenvalue weighted by Crippen LogP contribution is 2.28. The Hall–Kier alpha value is -3.68. The third-order valence-corrected chi connectivity index (χ3v) is 3.74. The SMILES string of the molecule is O=C(/C=C/c1ccc([N+](=O)[O-])cc1)Nc1ccccc1N1CCOC1=O. The number of para-hydroxylation sites is 2. The van der Waals surface area contributed by atoms with Gasteiger partial charge in [0.05, 0.1) is 22.8 Å². The number of nitro groups is 1. The van der Waals surface area contributed by atoms with E-state index in [1.165, 1.54) is 23.1 Å². The van der Waals surface area contributed by atoms with Crippen molar-refractivity contribution in [1.82, 2.24) is 0 Å². The Morgan fingerprint density at radius 1 is 1.19 bits per heavy atom. The summed E-state index contributed by atoms with van der Waals surface area (Å²) in [7, 11) is 0. The van der Waals surface area contributed by atoms with Crippen LogP contribution < -0.4 is 10.2 Å². The number of rotatable bonds is 5. The highest BCUT2D eigenvalue weighted by Gasteiger charge is 2.25. The number of nitro benzene ring substituents is 1. The molecule has 8 nitrogen and oxygen atoms in total. The molecule has 0 aliphatic carbocycles. The molecule has 3 rings (SSSR count). The molecule has 1 fully saturated rings. The van der Waals surface area contributed by atoms with Crippen molar-refractivity contribution in [2.24, 2.45) is 0 Å². The van der Waals surface area contributed by atoms with Crippen molar-refractivity contribution in [3.8, 4) is 0 Å². The largest absolute Gasteiger partial charge is 0.447 e. The van der Waals surface area contributed by atoms with Gasteiger partial charge in [-0.1, -0.05) is 12.1 Å². The van der Waals surface area contributed by atoms with Crippen LogP contribution in [0.15, 0.2) is 54.6 Å². The number of ether oxygens (including phenoxy) is 1. The monoisotopic (exact) mass is 353 g/mol. The number of hydrogen-bond donors (Lipinski definition) is 1. The molecule has 0 radical (unpaired) electrons. The van der Waals surface area contributed by atoms with Crippen molar-refractivity contribution in [2.45, 2.75) is 0 Å². The molecule has 1 N–H and O–H groups in total. The fourth-order valence-electron chi connectivity index (χ4n) is 2.48. The van der Waals surface area contributed by atoms with Crippen LogP contribution in [0.5, 0.6) is 0 Å². The molecule has 0 bridgehead atoms. The van der Waals surface area contributed by atoms with Crippen LogP contribution in [0.4, 0.5) is 21.9 Å². The normalized spacial score (nSPS) is 13.7. The minimum Gasteiger partial charge on any atom is -0.447 e. The maximum absolute atomic E-state index is 12.2. The predicted molar refractivity (Wildman–Crippen MR) is 95.9 cm³/mol. The van der Waals surface area contributed by atoms with Crippen LogP contribution in [0.25, 0.3) is 6.08 Å². The summed E-state index contributed by atoms with van der Waals surface area (Å²) in [6, 6.07) is 12.8. The van der Waals surface area contributed by atoms with Crippen molar-refractivity contribution in [2.75, 3.05) is 23.4 Å². The Labute approximate surface area is 148 Å². The summed E-state index contributed by atoms with van der Waals surface area (Å²) in [5.74, 6) is -0.386. The van der Waals surface area contributed by atoms with Crippen LogP contribution in [0.2, 0.25) is 0 Å². The lowest BCUT2D eigenvalue weighted by molar-refractivity contribution is -0.384. The van der Waals surface area contributed by atoms with E-state index in [-0.39, 0.29) is 11.6 Å². The minimum atomic E-state index is -0.486. The van der Waals surface area contributed by atoms with Crippen molar-refractivity contribution >= 4 is 35.1 Å². The molecule has 0 unspecified atom stereocenters. The molecule has 1 heterocycles. The van der Waals surface area contributed by atoms with E-state index < -0.39 is 11.0 Å². The van der Waals surface area contributed by atoms with E-state index in [4.69, 9.17) is 4.74 Å². The summed E-state index contributed by atoms with van der Waals surface area (Å²) in [4.78, 5) is 35.5. The Balaban J connectivity index is 1.70. The molecule has 0 aromatic heterocycles. The van der Waals surface area contributed by atoms with Gasteiger partial charge in [0.15, 0.2) is 0 Å². The Kier molecular flexibility index (Phi) is 4.93. The number of carbonyl (C=O) groups excluding carboxylic acids is 2. The molecule has 26 heavy (non-hydrogen) atoms. The molecular weight excluding hydrogens is 338 g/mol. The lowest BCUT2D eigenvalue weighted by atomic mass is 10.2. The quantitative estimate of drug-likeness (QED) is 0.505. The molecule has 2 aromatic carbocycles. The van der Waals surface area contributed by atoms with Crippen LogP contribution in [0.3, 0.4) is 0 Å². The molecule has 8 heteroatoms. The molecule has 1 aliphatic rings. The number of carbonyl (C=O) groups is 2. The number of nitrogens with one attached hydrogen (secondary N) is 1. The fraction of sp³-hybridized carbons (Fsp3) is 0.111. The summed E-state index contributed by atoms with van der Waals surface area (Å²) in [6.07, 6.45) is 2.42. The molecule has 132 valence electrons. The van der Waals surface area contributed by atoms with Gasteiger partial charge >= 0.3 is 6.09 Å². The maximum Gasteiger partial charge on any atom is 0.414 e. The Morgan fingerprint density at radius 3 is 2.58 bits per heavy atom. The van der Waals surface area contributed by atoms with Crippen LogP contribution in [0, 0.1) is 10.1 Å². The van der Waals surface area contributed by atoms with E-state index in [9.17, 15) is 19.7 Å². The second-order valence-corrected chi connectivity index (χ2v) is 5.45. The third kappa shape index (κ3) is 3.86. The number of non-ortho nitro benzene ring substituents is 1. The summed E-state index contributed by atoms with van der Waals surface area (Å²) in [6.45, 7) is 0.728. The van der Waals surface area contributed by atoms with Gasteiger partial charge in [0.25, 0.3) is 5.69 Å². The van der Waals surface area contributed by atoms with Gasteiger partial charge in [-0.2, -0.15) is 0 Å². The van der Waals surface area contributed by atoms with Crippen molar-refractivity contribution < 1.29 is 19.2 Å². The lowest BCUT2D eigenvalue weighted by Gasteiger charge is -2.17.